The SMILES string of the molecule is CC1(C)OC(=O)C(=Cc2ccc3c(c2)OCCCO3)C(=O)O1. The molecule has 6 nitrogen and oxygen atoms in total. The number of cyclic esters (lactones) is 2. The number of hydrogen-bond donors (Lipinski definition) is 0. The Morgan fingerprint density at radius 2 is 1.64 bits per heavy atom. The Labute approximate surface area is 127 Å². The number of carbonyl (C=O) groups is 2. The first-order valence-corrected chi connectivity index (χ1v) is 7.03. The molecule has 1 aromatic carbocycles. The number of hydrogen-bond acceptors (Lipinski definition) is 6. The Balaban J connectivity index is 1.90. The van der Waals surface area contributed by atoms with Gasteiger partial charge in [0.25, 0.3) is 5.79 Å². The average molecular weight is 304 g/mol. The van der Waals surface area contributed by atoms with E-state index >= 15 is 0 Å². The molecule has 0 atom stereocenters. The van der Waals surface area contributed by atoms with Gasteiger partial charge < -0.3 is 18.9 Å². The molecule has 0 N–H and O–H groups in total. The lowest BCUT2D eigenvalue weighted by molar-refractivity contribution is -0.222. The van der Waals surface area contributed by atoms with Gasteiger partial charge in [-0.3, -0.25) is 0 Å². The highest BCUT2D eigenvalue weighted by Crippen LogP contribution is 2.32. The van der Waals surface area contributed by atoms with Crippen molar-refractivity contribution in [3.63, 3.8) is 0 Å². The summed E-state index contributed by atoms with van der Waals surface area (Å²) < 4.78 is 21.2. The molecular weight excluding hydrogens is 288 g/mol. The molecule has 0 radical (unpaired) electrons. The van der Waals surface area contributed by atoms with Gasteiger partial charge in [0.2, 0.25) is 0 Å². The number of benzene rings is 1. The molecule has 0 spiro atoms. The molecule has 3 rings (SSSR count). The minimum Gasteiger partial charge on any atom is -0.490 e. The number of carbonyl (C=O) groups excluding carboxylic acids is 2. The van der Waals surface area contributed by atoms with Gasteiger partial charge in [0, 0.05) is 20.3 Å². The van der Waals surface area contributed by atoms with Crippen LogP contribution in [-0.4, -0.2) is 30.9 Å². The van der Waals surface area contributed by atoms with Gasteiger partial charge in [-0.1, -0.05) is 6.07 Å². The maximum Gasteiger partial charge on any atom is 0.348 e. The summed E-state index contributed by atoms with van der Waals surface area (Å²) in [7, 11) is 0. The van der Waals surface area contributed by atoms with Crippen molar-refractivity contribution in [1.82, 2.24) is 0 Å². The van der Waals surface area contributed by atoms with Crippen molar-refractivity contribution in [2.75, 3.05) is 13.2 Å². The van der Waals surface area contributed by atoms with Gasteiger partial charge in [-0.2, -0.15) is 0 Å². The van der Waals surface area contributed by atoms with Crippen LogP contribution in [0, 0.1) is 0 Å². The maximum atomic E-state index is 11.9. The van der Waals surface area contributed by atoms with Crippen LogP contribution >= 0.6 is 0 Å². The van der Waals surface area contributed by atoms with Crippen LogP contribution in [-0.2, 0) is 19.1 Å². The summed E-state index contributed by atoms with van der Waals surface area (Å²) in [6.45, 7) is 4.17. The van der Waals surface area contributed by atoms with Crippen molar-refractivity contribution in [3.05, 3.63) is 29.3 Å². The minimum absolute atomic E-state index is 0.145. The van der Waals surface area contributed by atoms with Crippen molar-refractivity contribution in [2.24, 2.45) is 0 Å². The summed E-state index contributed by atoms with van der Waals surface area (Å²) in [5.74, 6) is -1.41. The monoisotopic (exact) mass is 304 g/mol. The predicted molar refractivity (Wildman–Crippen MR) is 76.3 cm³/mol. The second-order valence-electron chi connectivity index (χ2n) is 5.49. The van der Waals surface area contributed by atoms with Crippen molar-refractivity contribution in [3.8, 4) is 11.5 Å². The zero-order valence-electron chi connectivity index (χ0n) is 12.4. The molecule has 2 heterocycles. The van der Waals surface area contributed by atoms with Gasteiger partial charge in [-0.05, 0) is 23.8 Å². The number of ether oxygens (including phenoxy) is 4. The van der Waals surface area contributed by atoms with E-state index in [0.717, 1.165) is 6.42 Å². The molecule has 6 heteroatoms. The van der Waals surface area contributed by atoms with Crippen molar-refractivity contribution < 1.29 is 28.5 Å². The highest BCUT2D eigenvalue weighted by atomic mass is 16.7. The minimum atomic E-state index is -1.24. The quantitative estimate of drug-likeness (QED) is 0.449. The zero-order valence-corrected chi connectivity index (χ0v) is 12.4. The van der Waals surface area contributed by atoms with Crippen LogP contribution in [0.25, 0.3) is 6.08 Å². The molecule has 1 aromatic rings. The Morgan fingerprint density at radius 1 is 1.00 bits per heavy atom. The number of esters is 2. The molecular formula is C16H16O6. The fraction of sp³-hybridized carbons (Fsp3) is 0.375. The molecule has 0 saturated carbocycles. The number of fused-ring (bicyclic) bond motifs is 1. The van der Waals surface area contributed by atoms with E-state index in [9.17, 15) is 9.59 Å². The van der Waals surface area contributed by atoms with Gasteiger partial charge in [0.15, 0.2) is 11.5 Å². The fourth-order valence-corrected chi connectivity index (χ4v) is 2.21. The Hall–Kier alpha value is -2.50. The molecule has 22 heavy (non-hydrogen) atoms. The summed E-state index contributed by atoms with van der Waals surface area (Å²) in [5, 5.41) is 0. The van der Waals surface area contributed by atoms with Crippen LogP contribution in [0.15, 0.2) is 23.8 Å². The predicted octanol–water partition coefficient (Wildman–Crippen LogP) is 2.07. The topological polar surface area (TPSA) is 71.1 Å². The summed E-state index contributed by atoms with van der Waals surface area (Å²) in [6.07, 6.45) is 2.23. The molecule has 0 amide bonds. The van der Waals surface area contributed by atoms with E-state index in [2.05, 4.69) is 0 Å². The second-order valence-corrected chi connectivity index (χ2v) is 5.49. The first-order valence-electron chi connectivity index (χ1n) is 7.03. The van der Waals surface area contributed by atoms with Crippen LogP contribution in [0.1, 0.15) is 25.8 Å². The van der Waals surface area contributed by atoms with Crippen LogP contribution < -0.4 is 9.47 Å². The van der Waals surface area contributed by atoms with Crippen molar-refractivity contribution in [1.29, 1.82) is 0 Å². The lowest BCUT2D eigenvalue weighted by atomic mass is 10.1. The van der Waals surface area contributed by atoms with Gasteiger partial charge in [-0.25, -0.2) is 9.59 Å². The Kier molecular flexibility index (Phi) is 3.52. The molecule has 0 unspecified atom stereocenters. The molecule has 116 valence electrons. The van der Waals surface area contributed by atoms with Gasteiger partial charge in [-0.15, -0.1) is 0 Å². The first-order chi connectivity index (χ1) is 10.4. The van der Waals surface area contributed by atoms with Crippen molar-refractivity contribution >= 4 is 18.0 Å². The second kappa shape index (κ2) is 5.36. The lowest BCUT2D eigenvalue weighted by Gasteiger charge is -2.29. The first kappa shape index (κ1) is 14.4. The molecule has 0 aliphatic carbocycles. The van der Waals surface area contributed by atoms with E-state index in [4.69, 9.17) is 18.9 Å². The molecule has 1 fully saturated rings. The molecule has 2 aliphatic rings. The van der Waals surface area contributed by atoms with E-state index < -0.39 is 17.7 Å². The molecule has 2 aliphatic heterocycles. The molecule has 0 aromatic heterocycles. The number of rotatable bonds is 1. The standard InChI is InChI=1S/C16H16O6/c1-16(2)21-14(17)11(15(18)22-16)8-10-4-5-12-13(9-10)20-7-3-6-19-12/h4-5,8-9H,3,6-7H2,1-2H3. The maximum absolute atomic E-state index is 11.9. The van der Waals surface area contributed by atoms with E-state index in [1.807, 2.05) is 0 Å². The third-order valence-electron chi connectivity index (χ3n) is 3.20. The third-order valence-corrected chi connectivity index (χ3v) is 3.20. The smallest absolute Gasteiger partial charge is 0.348 e. The summed E-state index contributed by atoms with van der Waals surface area (Å²) >= 11 is 0. The van der Waals surface area contributed by atoms with E-state index in [-0.39, 0.29) is 5.57 Å². The largest absolute Gasteiger partial charge is 0.490 e. The van der Waals surface area contributed by atoms with Crippen LogP contribution in [0.2, 0.25) is 0 Å². The summed E-state index contributed by atoms with van der Waals surface area (Å²) in [5.41, 5.74) is 0.488. The van der Waals surface area contributed by atoms with E-state index in [1.54, 1.807) is 18.2 Å². The molecule has 1 saturated heterocycles. The van der Waals surface area contributed by atoms with Crippen LogP contribution in [0.4, 0.5) is 0 Å². The van der Waals surface area contributed by atoms with Gasteiger partial charge in [0.1, 0.15) is 5.57 Å². The van der Waals surface area contributed by atoms with Gasteiger partial charge >= 0.3 is 11.9 Å². The highest BCUT2D eigenvalue weighted by molar-refractivity contribution is 6.18. The Bertz CT molecular complexity index is 637. The molecule has 0 bridgehead atoms. The van der Waals surface area contributed by atoms with Crippen LogP contribution in [0.3, 0.4) is 0 Å². The summed E-state index contributed by atoms with van der Waals surface area (Å²) in [4.78, 5) is 23.8. The highest BCUT2D eigenvalue weighted by Gasteiger charge is 2.38. The van der Waals surface area contributed by atoms with E-state index in [1.165, 1.54) is 19.9 Å². The van der Waals surface area contributed by atoms with Crippen LogP contribution in [0.5, 0.6) is 11.5 Å². The summed E-state index contributed by atoms with van der Waals surface area (Å²) in [6, 6.07) is 5.20. The normalized spacial score (nSPS) is 19.8. The zero-order chi connectivity index (χ0) is 15.7. The fourth-order valence-electron chi connectivity index (χ4n) is 2.21. The average Bonchev–Trinajstić information content (AvgIpc) is 2.66. The Morgan fingerprint density at radius 3 is 2.32 bits per heavy atom. The van der Waals surface area contributed by atoms with E-state index in [0.29, 0.717) is 30.3 Å². The third kappa shape index (κ3) is 2.90. The van der Waals surface area contributed by atoms with Crippen molar-refractivity contribution in [2.45, 2.75) is 26.1 Å². The lowest BCUT2D eigenvalue weighted by Crippen LogP contribution is -2.41. The van der Waals surface area contributed by atoms with Gasteiger partial charge in [0.05, 0.1) is 13.2 Å².